The zero-order valence-electron chi connectivity index (χ0n) is 17.8. The molecule has 0 spiro atoms. The molecule has 0 unspecified atom stereocenters. The molecule has 6 nitrogen and oxygen atoms in total. The van der Waals surface area contributed by atoms with Gasteiger partial charge < -0.3 is 14.8 Å². The van der Waals surface area contributed by atoms with E-state index >= 15 is 0 Å². The molecular weight excluding hydrogens is 410 g/mol. The standard InChI is InChI=1S/C24H27N3O3S/c1-17-26-22(19-6-4-3-5-7-19)23(31-17)24(28)25-16-21(27-12-14-30-15-13-27)18-8-10-20(29-2)11-9-18/h3-11,21H,12-16H2,1-2H3,(H,25,28)/t21-/m0/s1. The van der Waals surface area contributed by atoms with Gasteiger partial charge in [-0.05, 0) is 24.6 Å². The van der Waals surface area contributed by atoms with Gasteiger partial charge in [-0.15, -0.1) is 11.3 Å². The molecule has 2 aromatic carbocycles. The van der Waals surface area contributed by atoms with E-state index in [4.69, 9.17) is 9.47 Å². The first-order valence-corrected chi connectivity index (χ1v) is 11.2. The predicted molar refractivity (Wildman–Crippen MR) is 123 cm³/mol. The van der Waals surface area contributed by atoms with Crippen LogP contribution in [0.5, 0.6) is 5.75 Å². The van der Waals surface area contributed by atoms with Crippen LogP contribution in [0.15, 0.2) is 54.6 Å². The van der Waals surface area contributed by atoms with Gasteiger partial charge in [-0.1, -0.05) is 42.5 Å². The number of amides is 1. The Morgan fingerprint density at radius 3 is 2.55 bits per heavy atom. The Balaban J connectivity index is 1.53. The van der Waals surface area contributed by atoms with E-state index in [0.717, 1.165) is 40.7 Å². The highest BCUT2D eigenvalue weighted by Gasteiger charge is 2.25. The molecular formula is C24H27N3O3S. The first kappa shape index (κ1) is 21.5. The third kappa shape index (κ3) is 5.12. The zero-order valence-corrected chi connectivity index (χ0v) is 18.7. The lowest BCUT2D eigenvalue weighted by Crippen LogP contribution is -2.43. The van der Waals surface area contributed by atoms with Crippen LogP contribution in [0.3, 0.4) is 0 Å². The molecule has 1 aromatic heterocycles. The number of methoxy groups -OCH3 is 1. The van der Waals surface area contributed by atoms with Crippen molar-refractivity contribution >= 4 is 17.2 Å². The van der Waals surface area contributed by atoms with Crippen molar-refractivity contribution in [1.82, 2.24) is 15.2 Å². The quantitative estimate of drug-likeness (QED) is 0.607. The Kier molecular flexibility index (Phi) is 6.96. The molecule has 0 saturated carbocycles. The lowest BCUT2D eigenvalue weighted by Gasteiger charge is -2.35. The van der Waals surface area contributed by atoms with Crippen molar-refractivity contribution in [2.75, 3.05) is 40.0 Å². The lowest BCUT2D eigenvalue weighted by atomic mass is 10.0. The molecule has 1 fully saturated rings. The molecule has 2 heterocycles. The monoisotopic (exact) mass is 437 g/mol. The van der Waals surface area contributed by atoms with Gasteiger partial charge in [0.1, 0.15) is 10.6 Å². The van der Waals surface area contributed by atoms with Crippen molar-refractivity contribution in [3.8, 4) is 17.0 Å². The molecule has 1 aliphatic heterocycles. The van der Waals surface area contributed by atoms with E-state index in [1.54, 1.807) is 7.11 Å². The van der Waals surface area contributed by atoms with Gasteiger partial charge in [-0.2, -0.15) is 0 Å². The number of hydrogen-bond acceptors (Lipinski definition) is 6. The van der Waals surface area contributed by atoms with Crippen molar-refractivity contribution < 1.29 is 14.3 Å². The molecule has 1 saturated heterocycles. The van der Waals surface area contributed by atoms with E-state index in [1.807, 2.05) is 49.4 Å². The van der Waals surface area contributed by atoms with Crippen LogP contribution < -0.4 is 10.1 Å². The van der Waals surface area contributed by atoms with Crippen LogP contribution in [0.4, 0.5) is 0 Å². The second-order valence-corrected chi connectivity index (χ2v) is 8.63. The summed E-state index contributed by atoms with van der Waals surface area (Å²) in [4.78, 5) is 20.8. The Bertz CT molecular complexity index is 999. The van der Waals surface area contributed by atoms with Gasteiger partial charge in [0.05, 0.1) is 37.1 Å². The lowest BCUT2D eigenvalue weighted by molar-refractivity contribution is 0.0162. The van der Waals surface area contributed by atoms with Crippen LogP contribution in [0.1, 0.15) is 26.3 Å². The van der Waals surface area contributed by atoms with Crippen molar-refractivity contribution in [2.24, 2.45) is 0 Å². The second kappa shape index (κ2) is 10.0. The summed E-state index contributed by atoms with van der Waals surface area (Å²) in [5, 5.41) is 4.04. The number of nitrogens with one attached hydrogen (secondary N) is 1. The van der Waals surface area contributed by atoms with Crippen LogP contribution in [-0.2, 0) is 4.74 Å². The fourth-order valence-electron chi connectivity index (χ4n) is 3.82. The molecule has 7 heteroatoms. The average Bonchev–Trinajstić information content (AvgIpc) is 3.22. The van der Waals surface area contributed by atoms with Crippen molar-refractivity contribution in [3.63, 3.8) is 0 Å². The van der Waals surface area contributed by atoms with E-state index < -0.39 is 0 Å². The summed E-state index contributed by atoms with van der Waals surface area (Å²) in [6.07, 6.45) is 0. The van der Waals surface area contributed by atoms with E-state index in [2.05, 4.69) is 27.3 Å². The second-order valence-electron chi connectivity index (χ2n) is 7.42. The van der Waals surface area contributed by atoms with E-state index in [1.165, 1.54) is 11.3 Å². The molecule has 0 aliphatic carbocycles. The zero-order chi connectivity index (χ0) is 21.6. The molecule has 1 aliphatic rings. The summed E-state index contributed by atoms with van der Waals surface area (Å²) in [5.41, 5.74) is 2.84. The molecule has 1 atom stereocenters. The van der Waals surface area contributed by atoms with Crippen molar-refractivity contribution in [3.05, 3.63) is 70.0 Å². The van der Waals surface area contributed by atoms with Gasteiger partial charge in [0, 0.05) is 25.2 Å². The van der Waals surface area contributed by atoms with Crippen LogP contribution in [0.2, 0.25) is 0 Å². The Labute approximate surface area is 186 Å². The third-order valence-corrected chi connectivity index (χ3v) is 6.40. The molecule has 1 amide bonds. The first-order valence-electron chi connectivity index (χ1n) is 10.4. The fourth-order valence-corrected chi connectivity index (χ4v) is 4.67. The van der Waals surface area contributed by atoms with Gasteiger partial charge in [0.15, 0.2) is 0 Å². The largest absolute Gasteiger partial charge is 0.497 e. The molecule has 4 rings (SSSR count). The van der Waals surface area contributed by atoms with Gasteiger partial charge in [0.2, 0.25) is 0 Å². The third-order valence-electron chi connectivity index (χ3n) is 5.43. The minimum atomic E-state index is -0.0868. The maximum Gasteiger partial charge on any atom is 0.263 e. The summed E-state index contributed by atoms with van der Waals surface area (Å²) in [6.45, 7) is 5.51. The molecule has 162 valence electrons. The number of ether oxygens (including phenoxy) is 2. The van der Waals surface area contributed by atoms with E-state index in [-0.39, 0.29) is 11.9 Å². The summed E-state index contributed by atoms with van der Waals surface area (Å²) >= 11 is 1.43. The molecule has 0 radical (unpaired) electrons. The number of aryl methyl sites for hydroxylation is 1. The topological polar surface area (TPSA) is 63.7 Å². The number of rotatable bonds is 7. The first-order chi connectivity index (χ1) is 15.2. The molecule has 0 bridgehead atoms. The fraction of sp³-hybridized carbons (Fsp3) is 0.333. The van der Waals surface area contributed by atoms with Gasteiger partial charge in [-0.3, -0.25) is 9.69 Å². The highest BCUT2D eigenvalue weighted by molar-refractivity contribution is 7.14. The number of morpholine rings is 1. The summed E-state index contributed by atoms with van der Waals surface area (Å²) in [7, 11) is 1.66. The maximum absolute atomic E-state index is 13.2. The summed E-state index contributed by atoms with van der Waals surface area (Å²) < 4.78 is 10.8. The van der Waals surface area contributed by atoms with Crippen molar-refractivity contribution in [1.29, 1.82) is 0 Å². The minimum Gasteiger partial charge on any atom is -0.497 e. The van der Waals surface area contributed by atoms with Crippen LogP contribution >= 0.6 is 11.3 Å². The minimum absolute atomic E-state index is 0.0629. The number of carbonyl (C=O) groups excluding carboxylic acids is 1. The molecule has 1 N–H and O–H groups in total. The number of aromatic nitrogens is 1. The number of carbonyl (C=O) groups is 1. The summed E-state index contributed by atoms with van der Waals surface area (Å²) in [5.74, 6) is 0.734. The highest BCUT2D eigenvalue weighted by Crippen LogP contribution is 2.29. The predicted octanol–water partition coefficient (Wildman–Crippen LogP) is 3.93. The average molecular weight is 438 g/mol. The molecule has 31 heavy (non-hydrogen) atoms. The van der Waals surface area contributed by atoms with Gasteiger partial charge in [0.25, 0.3) is 5.91 Å². The number of hydrogen-bond donors (Lipinski definition) is 1. The van der Waals surface area contributed by atoms with Gasteiger partial charge in [-0.25, -0.2) is 4.98 Å². The van der Waals surface area contributed by atoms with E-state index in [9.17, 15) is 4.79 Å². The Hall–Kier alpha value is -2.74. The Morgan fingerprint density at radius 1 is 1.16 bits per heavy atom. The normalized spacial score (nSPS) is 15.4. The number of benzene rings is 2. The molecule has 3 aromatic rings. The number of thiazole rings is 1. The Morgan fingerprint density at radius 2 is 1.87 bits per heavy atom. The highest BCUT2D eigenvalue weighted by atomic mass is 32.1. The summed E-state index contributed by atoms with van der Waals surface area (Å²) in [6, 6.07) is 18.0. The van der Waals surface area contributed by atoms with Crippen molar-refractivity contribution in [2.45, 2.75) is 13.0 Å². The SMILES string of the molecule is COc1ccc([C@H](CNC(=O)c2sc(C)nc2-c2ccccc2)N2CCOCC2)cc1. The van der Waals surface area contributed by atoms with E-state index in [0.29, 0.717) is 24.6 Å². The smallest absolute Gasteiger partial charge is 0.263 e. The number of nitrogens with zero attached hydrogens (tertiary/aromatic N) is 2. The van der Waals surface area contributed by atoms with Gasteiger partial charge >= 0.3 is 0 Å². The van der Waals surface area contributed by atoms with Crippen LogP contribution in [-0.4, -0.2) is 55.7 Å². The van der Waals surface area contributed by atoms with Crippen LogP contribution in [0.25, 0.3) is 11.3 Å². The van der Waals surface area contributed by atoms with Crippen LogP contribution in [0, 0.1) is 6.92 Å². The maximum atomic E-state index is 13.2.